The number of rotatable bonds is 5. The second-order valence-corrected chi connectivity index (χ2v) is 5.13. The third kappa shape index (κ3) is 3.37. The molecule has 1 heterocycles. The topological polar surface area (TPSA) is 75.1 Å². The molecule has 0 aliphatic heterocycles. The van der Waals surface area contributed by atoms with E-state index in [0.29, 0.717) is 23.6 Å². The van der Waals surface area contributed by atoms with E-state index >= 15 is 0 Å². The Labute approximate surface area is 124 Å². The number of carbonyl (C=O) groups is 1. The van der Waals surface area contributed by atoms with E-state index in [-0.39, 0.29) is 11.5 Å². The predicted molar refractivity (Wildman–Crippen MR) is 81.8 cm³/mol. The van der Waals surface area contributed by atoms with Crippen LogP contribution in [0.2, 0.25) is 0 Å². The van der Waals surface area contributed by atoms with Gasteiger partial charge in [-0.25, -0.2) is 4.79 Å². The van der Waals surface area contributed by atoms with Crippen molar-refractivity contribution in [3.05, 3.63) is 52.7 Å². The summed E-state index contributed by atoms with van der Waals surface area (Å²) in [6.07, 6.45) is 0. The molecule has 5 heteroatoms. The first-order valence-corrected chi connectivity index (χ1v) is 6.86. The first-order valence-electron chi connectivity index (χ1n) is 6.86. The molecular weight excluding hydrogens is 266 g/mol. The fourth-order valence-corrected chi connectivity index (χ4v) is 2.14. The number of anilines is 1. The number of hydrogen-bond acceptors (Lipinski definition) is 4. The van der Waals surface area contributed by atoms with E-state index in [0.717, 1.165) is 0 Å². The van der Waals surface area contributed by atoms with Crippen molar-refractivity contribution in [3.8, 4) is 0 Å². The largest absolute Gasteiger partial charge is 0.478 e. The highest BCUT2D eigenvalue weighted by molar-refractivity contribution is 5.94. The van der Waals surface area contributed by atoms with E-state index in [9.17, 15) is 9.90 Å². The number of benzene rings is 1. The lowest BCUT2D eigenvalue weighted by atomic mass is 10.0. The van der Waals surface area contributed by atoms with Crippen molar-refractivity contribution in [2.45, 2.75) is 26.7 Å². The second-order valence-electron chi connectivity index (χ2n) is 5.13. The number of nitrogens with one attached hydrogen (secondary N) is 1. The van der Waals surface area contributed by atoms with Gasteiger partial charge in [-0.2, -0.15) is 5.10 Å². The number of carboxylic acid groups (broad SMARTS) is 1. The zero-order chi connectivity index (χ0) is 15.4. The van der Waals surface area contributed by atoms with Gasteiger partial charge in [-0.05, 0) is 30.9 Å². The average Bonchev–Trinajstić information content (AvgIpc) is 2.48. The zero-order valence-corrected chi connectivity index (χ0v) is 12.4. The van der Waals surface area contributed by atoms with Gasteiger partial charge in [0.25, 0.3) is 0 Å². The number of aryl methyl sites for hydroxylation is 1. The smallest absolute Gasteiger partial charge is 0.339 e. The van der Waals surface area contributed by atoms with Gasteiger partial charge in [0.1, 0.15) is 5.56 Å². The molecule has 5 nitrogen and oxygen atoms in total. The Kier molecular flexibility index (Phi) is 4.52. The van der Waals surface area contributed by atoms with Crippen molar-refractivity contribution in [2.75, 3.05) is 11.9 Å². The summed E-state index contributed by atoms with van der Waals surface area (Å²) in [5.41, 5.74) is 2.67. The van der Waals surface area contributed by atoms with Crippen molar-refractivity contribution < 1.29 is 9.90 Å². The Morgan fingerprint density at radius 3 is 2.52 bits per heavy atom. The number of hydrogen-bond donors (Lipinski definition) is 2. The third-order valence-corrected chi connectivity index (χ3v) is 3.61. The van der Waals surface area contributed by atoms with Crippen LogP contribution in [-0.2, 0) is 0 Å². The summed E-state index contributed by atoms with van der Waals surface area (Å²) >= 11 is 0. The lowest BCUT2D eigenvalue weighted by Crippen LogP contribution is -2.16. The van der Waals surface area contributed by atoms with Gasteiger partial charge in [-0.3, -0.25) is 0 Å². The van der Waals surface area contributed by atoms with Crippen LogP contribution < -0.4 is 5.32 Å². The van der Waals surface area contributed by atoms with Gasteiger partial charge >= 0.3 is 5.97 Å². The highest BCUT2D eigenvalue weighted by Crippen LogP contribution is 2.20. The fraction of sp³-hybridized carbons (Fsp3) is 0.312. The summed E-state index contributed by atoms with van der Waals surface area (Å²) in [5, 5.41) is 20.4. The van der Waals surface area contributed by atoms with Crippen LogP contribution in [0.25, 0.3) is 0 Å². The summed E-state index contributed by atoms with van der Waals surface area (Å²) in [4.78, 5) is 11.4. The van der Waals surface area contributed by atoms with Crippen LogP contribution in [0.4, 0.5) is 5.82 Å². The molecule has 0 spiro atoms. The molecule has 2 N–H and O–H groups in total. The number of nitrogens with zero attached hydrogens (tertiary/aromatic N) is 2. The van der Waals surface area contributed by atoms with E-state index < -0.39 is 5.97 Å². The van der Waals surface area contributed by atoms with Crippen molar-refractivity contribution in [1.82, 2.24) is 10.2 Å². The summed E-state index contributed by atoms with van der Waals surface area (Å²) in [5.74, 6) is -0.412. The molecule has 2 rings (SSSR count). The molecule has 0 aliphatic rings. The Morgan fingerprint density at radius 1 is 1.24 bits per heavy atom. The normalized spacial score (nSPS) is 12.0. The molecule has 110 valence electrons. The molecule has 0 fully saturated rings. The molecule has 1 aromatic heterocycles. The number of aromatic nitrogens is 2. The minimum atomic E-state index is -0.986. The molecule has 0 amide bonds. The van der Waals surface area contributed by atoms with Gasteiger partial charge < -0.3 is 10.4 Å². The van der Waals surface area contributed by atoms with Gasteiger partial charge in [0, 0.05) is 6.54 Å². The van der Waals surface area contributed by atoms with E-state index in [1.807, 2.05) is 18.2 Å². The molecule has 21 heavy (non-hydrogen) atoms. The van der Waals surface area contributed by atoms with Gasteiger partial charge in [-0.1, -0.05) is 37.3 Å². The molecule has 0 saturated carbocycles. The minimum absolute atomic E-state index is 0.197. The quantitative estimate of drug-likeness (QED) is 0.883. The van der Waals surface area contributed by atoms with Crippen LogP contribution in [0.3, 0.4) is 0 Å². The zero-order valence-electron chi connectivity index (χ0n) is 12.4. The Morgan fingerprint density at radius 2 is 1.90 bits per heavy atom. The van der Waals surface area contributed by atoms with E-state index in [1.165, 1.54) is 5.56 Å². The van der Waals surface area contributed by atoms with Crippen LogP contribution in [0, 0.1) is 13.8 Å². The second kappa shape index (κ2) is 6.35. The molecule has 1 aromatic carbocycles. The van der Waals surface area contributed by atoms with E-state index in [4.69, 9.17) is 0 Å². The highest BCUT2D eigenvalue weighted by atomic mass is 16.4. The predicted octanol–water partition coefficient (Wildman–Crippen LogP) is 3.01. The Hall–Kier alpha value is -2.43. The van der Waals surface area contributed by atoms with E-state index in [2.05, 4.69) is 34.6 Å². The van der Waals surface area contributed by atoms with Crippen molar-refractivity contribution in [3.63, 3.8) is 0 Å². The maximum absolute atomic E-state index is 11.4. The molecule has 0 saturated heterocycles. The summed E-state index contributed by atoms with van der Waals surface area (Å²) < 4.78 is 0. The van der Waals surface area contributed by atoms with Gasteiger partial charge in [0.05, 0.1) is 5.69 Å². The first-order chi connectivity index (χ1) is 10.0. The maximum Gasteiger partial charge on any atom is 0.339 e. The van der Waals surface area contributed by atoms with Crippen LogP contribution in [0.15, 0.2) is 30.3 Å². The molecule has 0 bridgehead atoms. The number of aromatic carboxylic acids is 1. The summed E-state index contributed by atoms with van der Waals surface area (Å²) in [7, 11) is 0. The van der Waals surface area contributed by atoms with E-state index in [1.54, 1.807) is 13.8 Å². The van der Waals surface area contributed by atoms with Gasteiger partial charge in [0.15, 0.2) is 5.82 Å². The Balaban J connectivity index is 2.17. The van der Waals surface area contributed by atoms with Crippen LogP contribution >= 0.6 is 0 Å². The summed E-state index contributed by atoms with van der Waals surface area (Å²) in [6, 6.07) is 10.1. The van der Waals surface area contributed by atoms with Crippen LogP contribution in [-0.4, -0.2) is 27.8 Å². The third-order valence-electron chi connectivity index (χ3n) is 3.61. The summed E-state index contributed by atoms with van der Waals surface area (Å²) in [6.45, 7) is 6.18. The first kappa shape index (κ1) is 15.0. The maximum atomic E-state index is 11.4. The number of carboxylic acids is 1. The standard InChI is InChI=1S/C16H19N3O2/c1-10(13-7-5-4-6-8-13)9-17-15-14(16(20)21)11(2)12(3)18-19-15/h4-8,10H,9H2,1-3H3,(H,17,19)(H,20,21). The van der Waals surface area contributed by atoms with Gasteiger partial charge in [-0.15, -0.1) is 5.10 Å². The van der Waals surface area contributed by atoms with Crippen molar-refractivity contribution in [1.29, 1.82) is 0 Å². The van der Waals surface area contributed by atoms with Crippen molar-refractivity contribution >= 4 is 11.8 Å². The van der Waals surface area contributed by atoms with Crippen LogP contribution in [0.1, 0.15) is 40.0 Å². The SMILES string of the molecule is Cc1nnc(NCC(C)c2ccccc2)c(C(=O)O)c1C. The molecule has 1 unspecified atom stereocenters. The average molecular weight is 285 g/mol. The Bertz CT molecular complexity index is 641. The lowest BCUT2D eigenvalue weighted by Gasteiger charge is -2.15. The molecule has 0 aliphatic carbocycles. The monoisotopic (exact) mass is 285 g/mol. The highest BCUT2D eigenvalue weighted by Gasteiger charge is 2.18. The van der Waals surface area contributed by atoms with Crippen molar-refractivity contribution in [2.24, 2.45) is 0 Å². The fourth-order valence-electron chi connectivity index (χ4n) is 2.14. The lowest BCUT2D eigenvalue weighted by molar-refractivity contribution is 0.0696. The molecule has 2 aromatic rings. The molecular formula is C16H19N3O2. The van der Waals surface area contributed by atoms with Crippen LogP contribution in [0.5, 0.6) is 0 Å². The molecule has 1 atom stereocenters. The molecule has 0 radical (unpaired) electrons. The minimum Gasteiger partial charge on any atom is -0.478 e. The van der Waals surface area contributed by atoms with Gasteiger partial charge in [0.2, 0.25) is 0 Å².